The minimum atomic E-state index is -3.22. The van der Waals surface area contributed by atoms with E-state index in [0.29, 0.717) is 19.4 Å². The molecule has 0 spiro atoms. The first-order chi connectivity index (χ1) is 11.0. The second kappa shape index (κ2) is 7.03. The summed E-state index contributed by atoms with van der Waals surface area (Å²) in [6.07, 6.45) is 5.36. The zero-order valence-electron chi connectivity index (χ0n) is 13.5. The van der Waals surface area contributed by atoms with Crippen LogP contribution >= 0.6 is 0 Å². The average molecular weight is 336 g/mol. The van der Waals surface area contributed by atoms with E-state index in [1.807, 2.05) is 6.20 Å². The Labute approximate surface area is 137 Å². The molecular weight excluding hydrogens is 312 g/mol. The van der Waals surface area contributed by atoms with Crippen LogP contribution in [0.2, 0.25) is 0 Å². The zero-order valence-corrected chi connectivity index (χ0v) is 14.3. The van der Waals surface area contributed by atoms with E-state index >= 15 is 0 Å². The number of aromatic nitrogens is 1. The molecule has 0 radical (unpaired) electrons. The van der Waals surface area contributed by atoms with Gasteiger partial charge in [0.2, 0.25) is 10.0 Å². The van der Waals surface area contributed by atoms with Gasteiger partial charge in [-0.3, -0.25) is 0 Å². The van der Waals surface area contributed by atoms with Gasteiger partial charge in [-0.2, -0.15) is 0 Å². The van der Waals surface area contributed by atoms with Gasteiger partial charge in [-0.15, -0.1) is 0 Å². The van der Waals surface area contributed by atoms with Crippen LogP contribution < -0.4 is 4.72 Å². The molecule has 3 rings (SSSR count). The Balaban J connectivity index is 1.51. The van der Waals surface area contributed by atoms with Gasteiger partial charge >= 0.3 is 0 Å². The first-order valence-corrected chi connectivity index (χ1v) is 9.84. The molecular formula is C17H24N2O3S. The third kappa shape index (κ3) is 4.34. The van der Waals surface area contributed by atoms with E-state index < -0.39 is 10.0 Å². The Bertz CT molecular complexity index is 761. The van der Waals surface area contributed by atoms with Crippen molar-refractivity contribution >= 4 is 20.9 Å². The lowest BCUT2D eigenvalue weighted by Gasteiger charge is -2.10. The van der Waals surface area contributed by atoms with Crippen LogP contribution in [0.4, 0.5) is 0 Å². The van der Waals surface area contributed by atoms with Crippen LogP contribution in [0.25, 0.3) is 10.9 Å². The van der Waals surface area contributed by atoms with Gasteiger partial charge in [0.25, 0.3) is 0 Å². The van der Waals surface area contributed by atoms with Gasteiger partial charge in [0.1, 0.15) is 0 Å². The third-order valence-electron chi connectivity index (χ3n) is 4.37. The van der Waals surface area contributed by atoms with Crippen molar-refractivity contribution in [2.45, 2.75) is 38.7 Å². The number of benzene rings is 1. The molecule has 1 fully saturated rings. The van der Waals surface area contributed by atoms with E-state index in [9.17, 15) is 8.42 Å². The Morgan fingerprint density at radius 1 is 1.39 bits per heavy atom. The van der Waals surface area contributed by atoms with Gasteiger partial charge in [-0.25, -0.2) is 13.1 Å². The van der Waals surface area contributed by atoms with Gasteiger partial charge in [0.05, 0.1) is 11.9 Å². The molecule has 2 aromatic rings. The standard InChI is InChI=1S/C17H24N2O3S/c1-13-4-5-16-14(12-18-17(16)11-13)6-8-19-23(20,21)10-7-15-3-2-9-22-15/h4-5,11-12,15,18-19H,2-3,6-10H2,1H3/t15-/m1/s1. The number of rotatable bonds is 7. The van der Waals surface area contributed by atoms with Crippen molar-refractivity contribution in [2.75, 3.05) is 18.9 Å². The summed E-state index contributed by atoms with van der Waals surface area (Å²) in [5, 5.41) is 1.16. The smallest absolute Gasteiger partial charge is 0.211 e. The monoisotopic (exact) mass is 336 g/mol. The molecule has 2 N–H and O–H groups in total. The second-order valence-corrected chi connectivity index (χ2v) is 8.18. The maximum absolute atomic E-state index is 12.0. The van der Waals surface area contributed by atoms with Crippen LogP contribution in [-0.4, -0.2) is 38.4 Å². The number of H-pyrrole nitrogens is 1. The summed E-state index contributed by atoms with van der Waals surface area (Å²) < 4.78 is 32.3. The largest absolute Gasteiger partial charge is 0.378 e. The van der Waals surface area contributed by atoms with Crippen LogP contribution in [-0.2, 0) is 21.2 Å². The van der Waals surface area contributed by atoms with Crippen molar-refractivity contribution in [1.29, 1.82) is 0 Å². The van der Waals surface area contributed by atoms with Gasteiger partial charge in [0, 0.05) is 30.3 Å². The van der Waals surface area contributed by atoms with Crippen LogP contribution in [0, 0.1) is 6.92 Å². The topological polar surface area (TPSA) is 71.2 Å². The minimum Gasteiger partial charge on any atom is -0.378 e. The van der Waals surface area contributed by atoms with Gasteiger partial charge in [0.15, 0.2) is 0 Å². The lowest BCUT2D eigenvalue weighted by atomic mass is 10.1. The summed E-state index contributed by atoms with van der Waals surface area (Å²) in [4.78, 5) is 3.25. The molecule has 23 heavy (non-hydrogen) atoms. The van der Waals surface area contributed by atoms with Gasteiger partial charge in [-0.05, 0) is 49.8 Å². The molecule has 1 atom stereocenters. The Kier molecular flexibility index (Phi) is 5.04. The van der Waals surface area contributed by atoms with Crippen molar-refractivity contribution in [3.05, 3.63) is 35.5 Å². The third-order valence-corrected chi connectivity index (χ3v) is 5.79. The molecule has 0 amide bonds. The number of nitrogens with one attached hydrogen (secondary N) is 2. The number of sulfonamides is 1. The first-order valence-electron chi connectivity index (χ1n) is 8.19. The molecule has 6 heteroatoms. The maximum Gasteiger partial charge on any atom is 0.211 e. The van der Waals surface area contributed by atoms with Gasteiger partial charge < -0.3 is 9.72 Å². The van der Waals surface area contributed by atoms with Crippen molar-refractivity contribution in [3.63, 3.8) is 0 Å². The molecule has 1 aliphatic rings. The number of aryl methyl sites for hydroxylation is 1. The summed E-state index contributed by atoms with van der Waals surface area (Å²) in [5.41, 5.74) is 3.45. The van der Waals surface area contributed by atoms with E-state index in [-0.39, 0.29) is 11.9 Å². The van der Waals surface area contributed by atoms with Crippen molar-refractivity contribution in [2.24, 2.45) is 0 Å². The Morgan fingerprint density at radius 3 is 3.04 bits per heavy atom. The Morgan fingerprint density at radius 2 is 2.26 bits per heavy atom. The molecule has 1 saturated heterocycles. The molecule has 0 unspecified atom stereocenters. The van der Waals surface area contributed by atoms with Gasteiger partial charge in [-0.1, -0.05) is 12.1 Å². The summed E-state index contributed by atoms with van der Waals surface area (Å²) in [6.45, 7) is 3.25. The molecule has 1 aromatic carbocycles. The molecule has 0 bridgehead atoms. The van der Waals surface area contributed by atoms with E-state index in [1.165, 1.54) is 5.56 Å². The molecule has 126 valence electrons. The molecule has 0 aliphatic carbocycles. The van der Waals surface area contributed by atoms with Crippen LogP contribution in [0.1, 0.15) is 30.4 Å². The normalized spacial score (nSPS) is 18.7. The number of aromatic amines is 1. The summed E-state index contributed by atoms with van der Waals surface area (Å²) in [7, 11) is -3.22. The molecule has 5 nitrogen and oxygen atoms in total. The highest BCUT2D eigenvalue weighted by Crippen LogP contribution is 2.20. The van der Waals surface area contributed by atoms with Crippen LogP contribution in [0.15, 0.2) is 24.4 Å². The summed E-state index contributed by atoms with van der Waals surface area (Å²) >= 11 is 0. The summed E-state index contributed by atoms with van der Waals surface area (Å²) in [6, 6.07) is 6.26. The van der Waals surface area contributed by atoms with E-state index in [4.69, 9.17) is 4.74 Å². The Hall–Kier alpha value is -1.37. The van der Waals surface area contributed by atoms with Crippen LogP contribution in [0.5, 0.6) is 0 Å². The maximum atomic E-state index is 12.0. The quantitative estimate of drug-likeness (QED) is 0.816. The predicted molar refractivity (Wildman–Crippen MR) is 92.1 cm³/mol. The molecule has 1 aliphatic heterocycles. The van der Waals surface area contributed by atoms with Crippen LogP contribution in [0.3, 0.4) is 0 Å². The molecule has 0 saturated carbocycles. The minimum absolute atomic E-state index is 0.114. The lowest BCUT2D eigenvalue weighted by Crippen LogP contribution is -2.29. The predicted octanol–water partition coefficient (Wildman–Crippen LogP) is 2.51. The highest BCUT2D eigenvalue weighted by molar-refractivity contribution is 7.89. The summed E-state index contributed by atoms with van der Waals surface area (Å²) in [5.74, 6) is 0.144. The average Bonchev–Trinajstić information content (AvgIpc) is 3.15. The highest BCUT2D eigenvalue weighted by Gasteiger charge is 2.19. The van der Waals surface area contributed by atoms with Crippen molar-refractivity contribution < 1.29 is 13.2 Å². The SMILES string of the molecule is Cc1ccc2c(CCNS(=O)(=O)CC[C@H]3CCCO3)c[nH]c2c1. The number of hydrogen-bond donors (Lipinski definition) is 2. The van der Waals surface area contributed by atoms with E-state index in [0.717, 1.165) is 35.9 Å². The van der Waals surface area contributed by atoms with E-state index in [2.05, 4.69) is 34.8 Å². The lowest BCUT2D eigenvalue weighted by molar-refractivity contribution is 0.109. The fraction of sp³-hybridized carbons (Fsp3) is 0.529. The fourth-order valence-corrected chi connectivity index (χ4v) is 4.21. The van der Waals surface area contributed by atoms with Crippen molar-refractivity contribution in [1.82, 2.24) is 9.71 Å². The van der Waals surface area contributed by atoms with E-state index in [1.54, 1.807) is 0 Å². The number of ether oxygens (including phenoxy) is 1. The molecule has 1 aromatic heterocycles. The van der Waals surface area contributed by atoms with Crippen molar-refractivity contribution in [3.8, 4) is 0 Å². The highest BCUT2D eigenvalue weighted by atomic mass is 32.2. The number of hydrogen-bond acceptors (Lipinski definition) is 3. The zero-order chi connectivity index (χ0) is 16.3. The number of fused-ring (bicyclic) bond motifs is 1. The first kappa shape index (κ1) is 16.5. The fourth-order valence-electron chi connectivity index (χ4n) is 3.08. The second-order valence-electron chi connectivity index (χ2n) is 6.25. The molecule has 2 heterocycles.